The van der Waals surface area contributed by atoms with Crippen molar-refractivity contribution < 1.29 is 13.9 Å². The van der Waals surface area contributed by atoms with E-state index in [1.54, 1.807) is 6.92 Å². The number of aromatic nitrogens is 2. The Morgan fingerprint density at radius 2 is 1.79 bits per heavy atom. The van der Waals surface area contributed by atoms with Gasteiger partial charge in [0, 0.05) is 25.6 Å². The van der Waals surface area contributed by atoms with Crippen molar-refractivity contribution in [2.75, 3.05) is 19.7 Å². The van der Waals surface area contributed by atoms with Gasteiger partial charge in [0.1, 0.15) is 5.75 Å². The van der Waals surface area contributed by atoms with E-state index < -0.39 is 0 Å². The van der Waals surface area contributed by atoms with E-state index in [1.807, 2.05) is 35.2 Å². The van der Waals surface area contributed by atoms with E-state index in [2.05, 4.69) is 34.5 Å². The fourth-order valence-corrected chi connectivity index (χ4v) is 3.68. The molecule has 0 radical (unpaired) electrons. The maximum Gasteiger partial charge on any atom is 0.260 e. The number of likely N-dealkylation sites (tertiary alicyclic amines) is 1. The lowest BCUT2D eigenvalue weighted by Gasteiger charge is -2.32. The van der Waals surface area contributed by atoms with E-state index in [0.29, 0.717) is 23.4 Å². The smallest absolute Gasteiger partial charge is 0.260 e. The Kier molecular flexibility index (Phi) is 5.89. The van der Waals surface area contributed by atoms with Gasteiger partial charge in [0.25, 0.3) is 5.91 Å². The molecule has 6 heteroatoms. The SMILES string of the molecule is Cc1nnc(-c2ccc(OCC(=O)N3CCC(Cc4ccccc4)CC3)cc2)o1. The zero-order valence-electron chi connectivity index (χ0n) is 16.6. The Bertz CT molecular complexity index is 930. The second-order valence-corrected chi connectivity index (χ2v) is 7.45. The third-order valence-electron chi connectivity index (χ3n) is 5.32. The number of carbonyl (C=O) groups excluding carboxylic acids is 1. The van der Waals surface area contributed by atoms with Gasteiger partial charge in [-0.1, -0.05) is 30.3 Å². The summed E-state index contributed by atoms with van der Waals surface area (Å²) in [4.78, 5) is 14.4. The van der Waals surface area contributed by atoms with Crippen molar-refractivity contribution in [1.29, 1.82) is 0 Å². The molecule has 2 aromatic carbocycles. The molecule has 1 fully saturated rings. The zero-order chi connectivity index (χ0) is 20.1. The van der Waals surface area contributed by atoms with Crippen LogP contribution in [0.2, 0.25) is 0 Å². The molecule has 0 atom stereocenters. The highest BCUT2D eigenvalue weighted by molar-refractivity contribution is 5.77. The number of aryl methyl sites for hydroxylation is 1. The Balaban J connectivity index is 1.23. The molecule has 1 aliphatic rings. The average Bonchev–Trinajstić information content (AvgIpc) is 3.20. The van der Waals surface area contributed by atoms with Gasteiger partial charge in [-0.3, -0.25) is 4.79 Å². The van der Waals surface area contributed by atoms with E-state index in [1.165, 1.54) is 5.56 Å². The summed E-state index contributed by atoms with van der Waals surface area (Å²) in [6.45, 7) is 3.41. The quantitative estimate of drug-likeness (QED) is 0.637. The highest BCUT2D eigenvalue weighted by atomic mass is 16.5. The molecule has 2 heterocycles. The normalized spacial score (nSPS) is 14.7. The molecule has 4 rings (SSSR count). The van der Waals surface area contributed by atoms with Crippen molar-refractivity contribution in [3.05, 3.63) is 66.1 Å². The number of rotatable bonds is 6. The van der Waals surface area contributed by atoms with Gasteiger partial charge in [0.15, 0.2) is 6.61 Å². The van der Waals surface area contributed by atoms with Gasteiger partial charge in [-0.25, -0.2) is 0 Å². The fraction of sp³-hybridized carbons (Fsp3) is 0.348. The van der Waals surface area contributed by atoms with Crippen LogP contribution < -0.4 is 4.74 Å². The molecule has 0 aliphatic carbocycles. The van der Waals surface area contributed by atoms with Crippen LogP contribution in [0.3, 0.4) is 0 Å². The molecule has 3 aromatic rings. The van der Waals surface area contributed by atoms with Gasteiger partial charge in [-0.05, 0) is 55.0 Å². The standard InChI is InChI=1S/C23H25N3O3/c1-17-24-25-23(29-17)20-7-9-21(10-8-20)28-16-22(27)26-13-11-19(12-14-26)15-18-5-3-2-4-6-18/h2-10,19H,11-16H2,1H3. The third kappa shape index (κ3) is 5.02. The summed E-state index contributed by atoms with van der Waals surface area (Å²) in [6.07, 6.45) is 3.17. The predicted octanol–water partition coefficient (Wildman–Crippen LogP) is 3.91. The van der Waals surface area contributed by atoms with Crippen molar-refractivity contribution in [3.8, 4) is 17.2 Å². The van der Waals surface area contributed by atoms with Gasteiger partial charge in [-0.2, -0.15) is 0 Å². The first kappa shape index (κ1) is 19.2. The Hall–Kier alpha value is -3.15. The summed E-state index contributed by atoms with van der Waals surface area (Å²) in [5, 5.41) is 7.82. The minimum absolute atomic E-state index is 0.0414. The molecular formula is C23H25N3O3. The van der Waals surface area contributed by atoms with Crippen LogP contribution in [-0.4, -0.2) is 40.7 Å². The zero-order valence-corrected chi connectivity index (χ0v) is 16.6. The lowest BCUT2D eigenvalue weighted by molar-refractivity contribution is -0.134. The van der Waals surface area contributed by atoms with Crippen LogP contribution in [0.5, 0.6) is 5.75 Å². The Labute approximate surface area is 170 Å². The molecule has 6 nitrogen and oxygen atoms in total. The molecule has 29 heavy (non-hydrogen) atoms. The van der Waals surface area contributed by atoms with Crippen LogP contribution >= 0.6 is 0 Å². The summed E-state index contributed by atoms with van der Waals surface area (Å²) in [6, 6.07) is 17.9. The molecule has 1 saturated heterocycles. The third-order valence-corrected chi connectivity index (χ3v) is 5.32. The van der Waals surface area contributed by atoms with E-state index >= 15 is 0 Å². The van der Waals surface area contributed by atoms with Crippen LogP contribution in [0.1, 0.15) is 24.3 Å². The molecule has 0 N–H and O–H groups in total. The number of ether oxygens (including phenoxy) is 1. The minimum atomic E-state index is 0.0414. The lowest BCUT2D eigenvalue weighted by atomic mass is 9.90. The predicted molar refractivity (Wildman–Crippen MR) is 109 cm³/mol. The first-order valence-electron chi connectivity index (χ1n) is 10.0. The molecule has 0 saturated carbocycles. The molecular weight excluding hydrogens is 366 g/mol. The minimum Gasteiger partial charge on any atom is -0.484 e. The van der Waals surface area contributed by atoms with Crippen LogP contribution in [0.15, 0.2) is 59.0 Å². The van der Waals surface area contributed by atoms with E-state index in [0.717, 1.165) is 37.9 Å². The van der Waals surface area contributed by atoms with Gasteiger partial charge < -0.3 is 14.1 Å². The molecule has 0 spiro atoms. The number of amides is 1. The number of hydrogen-bond donors (Lipinski definition) is 0. The number of carbonyl (C=O) groups is 1. The van der Waals surface area contributed by atoms with Crippen LogP contribution in [0.4, 0.5) is 0 Å². The highest BCUT2D eigenvalue weighted by Gasteiger charge is 2.23. The maximum absolute atomic E-state index is 12.5. The van der Waals surface area contributed by atoms with Gasteiger partial charge in [0.05, 0.1) is 0 Å². The first-order chi connectivity index (χ1) is 14.2. The second-order valence-electron chi connectivity index (χ2n) is 7.45. The van der Waals surface area contributed by atoms with Crippen LogP contribution in [0.25, 0.3) is 11.5 Å². The Morgan fingerprint density at radius 1 is 1.07 bits per heavy atom. The Morgan fingerprint density at radius 3 is 2.45 bits per heavy atom. The molecule has 1 aromatic heterocycles. The van der Waals surface area contributed by atoms with Crippen molar-refractivity contribution in [2.24, 2.45) is 5.92 Å². The number of benzene rings is 2. The second kappa shape index (κ2) is 8.90. The summed E-state index contributed by atoms with van der Waals surface area (Å²) in [7, 11) is 0. The monoisotopic (exact) mass is 391 g/mol. The number of hydrogen-bond acceptors (Lipinski definition) is 5. The average molecular weight is 391 g/mol. The number of piperidine rings is 1. The van der Waals surface area contributed by atoms with Crippen molar-refractivity contribution in [3.63, 3.8) is 0 Å². The molecule has 1 aliphatic heterocycles. The summed E-state index contributed by atoms with van der Waals surface area (Å²) >= 11 is 0. The van der Waals surface area contributed by atoms with Crippen molar-refractivity contribution >= 4 is 5.91 Å². The largest absolute Gasteiger partial charge is 0.484 e. The number of nitrogens with zero attached hydrogens (tertiary/aromatic N) is 3. The summed E-state index contributed by atoms with van der Waals surface area (Å²) in [5.74, 6) is 2.34. The summed E-state index contributed by atoms with van der Waals surface area (Å²) in [5.41, 5.74) is 2.20. The highest BCUT2D eigenvalue weighted by Crippen LogP contribution is 2.23. The molecule has 0 unspecified atom stereocenters. The van der Waals surface area contributed by atoms with Crippen molar-refractivity contribution in [2.45, 2.75) is 26.2 Å². The molecule has 0 bridgehead atoms. The summed E-state index contributed by atoms with van der Waals surface area (Å²) < 4.78 is 11.1. The van der Waals surface area contributed by atoms with E-state index in [9.17, 15) is 4.79 Å². The fourth-order valence-electron chi connectivity index (χ4n) is 3.68. The van der Waals surface area contributed by atoms with Crippen molar-refractivity contribution in [1.82, 2.24) is 15.1 Å². The first-order valence-corrected chi connectivity index (χ1v) is 10.0. The van der Waals surface area contributed by atoms with Crippen LogP contribution in [0, 0.1) is 12.8 Å². The van der Waals surface area contributed by atoms with Gasteiger partial charge in [0.2, 0.25) is 11.8 Å². The van der Waals surface area contributed by atoms with E-state index in [4.69, 9.17) is 9.15 Å². The van der Waals surface area contributed by atoms with Gasteiger partial charge >= 0.3 is 0 Å². The molecule has 1 amide bonds. The lowest BCUT2D eigenvalue weighted by Crippen LogP contribution is -2.41. The van der Waals surface area contributed by atoms with E-state index in [-0.39, 0.29) is 12.5 Å². The van der Waals surface area contributed by atoms with Gasteiger partial charge in [-0.15, -0.1) is 10.2 Å². The topological polar surface area (TPSA) is 68.5 Å². The van der Waals surface area contributed by atoms with Crippen LogP contribution in [-0.2, 0) is 11.2 Å². The molecule has 150 valence electrons. The maximum atomic E-state index is 12.5.